The molecule has 1 fully saturated rings. The highest BCUT2D eigenvalue weighted by molar-refractivity contribution is 5.89. The zero-order valence-corrected chi connectivity index (χ0v) is 10.6. The number of pyridine rings is 1. The molecule has 1 aliphatic carbocycles. The fourth-order valence-electron chi connectivity index (χ4n) is 2.45. The molecule has 4 nitrogen and oxygen atoms in total. The molecule has 94 valence electrons. The third-order valence-electron chi connectivity index (χ3n) is 3.89. The van der Waals surface area contributed by atoms with Crippen molar-refractivity contribution in [3.8, 4) is 0 Å². The molecule has 0 amide bonds. The van der Waals surface area contributed by atoms with E-state index >= 15 is 0 Å². The van der Waals surface area contributed by atoms with E-state index in [0.29, 0.717) is 5.69 Å². The van der Waals surface area contributed by atoms with Gasteiger partial charge in [0.2, 0.25) is 0 Å². The van der Waals surface area contributed by atoms with Gasteiger partial charge < -0.3 is 5.11 Å². The lowest BCUT2D eigenvalue weighted by molar-refractivity contribution is 0.0687. The van der Waals surface area contributed by atoms with E-state index in [0.717, 1.165) is 36.2 Å². The van der Waals surface area contributed by atoms with Crippen LogP contribution in [0, 0.1) is 0 Å². The lowest BCUT2D eigenvalue weighted by Gasteiger charge is -2.05. The molecule has 0 spiro atoms. The highest BCUT2D eigenvalue weighted by Gasteiger charge is 2.44. The Morgan fingerprint density at radius 2 is 2.28 bits per heavy atom. The molecule has 1 saturated carbocycles. The van der Waals surface area contributed by atoms with Crippen molar-refractivity contribution in [2.45, 2.75) is 38.5 Å². The lowest BCUT2D eigenvalue weighted by atomic mass is 10.0. The van der Waals surface area contributed by atoms with Gasteiger partial charge in [-0.25, -0.2) is 9.78 Å². The second-order valence-electron chi connectivity index (χ2n) is 5.26. The van der Waals surface area contributed by atoms with E-state index in [9.17, 15) is 9.90 Å². The maximum absolute atomic E-state index is 11.5. The van der Waals surface area contributed by atoms with E-state index < -0.39 is 5.97 Å². The Labute approximate surface area is 105 Å². The van der Waals surface area contributed by atoms with Crippen molar-refractivity contribution < 1.29 is 9.90 Å². The molecule has 2 heterocycles. The molecule has 3 rings (SSSR count). The Bertz CT molecular complexity index is 639. The highest BCUT2D eigenvalue weighted by atomic mass is 16.4. The van der Waals surface area contributed by atoms with Crippen molar-refractivity contribution in [3.63, 3.8) is 0 Å². The molecule has 0 unspecified atom stereocenters. The predicted molar refractivity (Wildman–Crippen MR) is 68.1 cm³/mol. The van der Waals surface area contributed by atoms with Gasteiger partial charge in [-0.3, -0.25) is 4.40 Å². The minimum absolute atomic E-state index is 0.0369. The van der Waals surface area contributed by atoms with Gasteiger partial charge in [-0.2, -0.15) is 0 Å². The van der Waals surface area contributed by atoms with E-state index in [1.807, 2.05) is 12.1 Å². The maximum atomic E-state index is 11.5. The van der Waals surface area contributed by atoms with E-state index in [2.05, 4.69) is 18.8 Å². The number of rotatable bonds is 3. The average Bonchev–Trinajstić information content (AvgIpc) is 2.96. The number of aromatic nitrogens is 2. The number of hydrogen-bond donors (Lipinski definition) is 1. The predicted octanol–water partition coefficient (Wildman–Crippen LogP) is 2.65. The van der Waals surface area contributed by atoms with Gasteiger partial charge in [0.25, 0.3) is 0 Å². The van der Waals surface area contributed by atoms with E-state index in [1.165, 1.54) is 0 Å². The average molecular weight is 244 g/mol. The summed E-state index contributed by atoms with van der Waals surface area (Å²) in [4.78, 5) is 16.1. The summed E-state index contributed by atoms with van der Waals surface area (Å²) < 4.78 is 1.72. The first-order valence-electron chi connectivity index (χ1n) is 6.30. The lowest BCUT2D eigenvalue weighted by Crippen LogP contribution is -2.11. The maximum Gasteiger partial charge on any atom is 0.354 e. The molecule has 2 aromatic heterocycles. The largest absolute Gasteiger partial charge is 0.477 e. The molecule has 0 saturated heterocycles. The SMILES string of the molecule is CCc1cccn2c(C(=O)O)c(C3(C)CC3)nc12. The first-order chi connectivity index (χ1) is 8.57. The zero-order valence-electron chi connectivity index (χ0n) is 10.6. The first kappa shape index (κ1) is 11.3. The van der Waals surface area contributed by atoms with Crippen molar-refractivity contribution in [1.29, 1.82) is 0 Å². The van der Waals surface area contributed by atoms with Gasteiger partial charge in [0.05, 0.1) is 5.69 Å². The molecular weight excluding hydrogens is 228 g/mol. The highest BCUT2D eigenvalue weighted by Crippen LogP contribution is 2.48. The van der Waals surface area contributed by atoms with Crippen LogP contribution in [0.4, 0.5) is 0 Å². The van der Waals surface area contributed by atoms with Gasteiger partial charge in [0.1, 0.15) is 5.65 Å². The van der Waals surface area contributed by atoms with Crippen LogP contribution in [0.1, 0.15) is 48.4 Å². The van der Waals surface area contributed by atoms with Crippen LogP contribution >= 0.6 is 0 Å². The van der Waals surface area contributed by atoms with Gasteiger partial charge in [0, 0.05) is 11.6 Å². The standard InChI is InChI=1S/C14H16N2O2/c1-3-9-5-4-8-16-10(13(17)18)11(15-12(9)16)14(2)6-7-14/h4-5,8H,3,6-7H2,1-2H3,(H,17,18). The summed E-state index contributed by atoms with van der Waals surface area (Å²) in [7, 11) is 0. The Kier molecular flexibility index (Phi) is 2.24. The molecule has 2 aromatic rings. The third-order valence-corrected chi connectivity index (χ3v) is 3.89. The Hall–Kier alpha value is -1.84. The van der Waals surface area contributed by atoms with Gasteiger partial charge in [0.15, 0.2) is 5.69 Å². The zero-order chi connectivity index (χ0) is 12.9. The topological polar surface area (TPSA) is 54.6 Å². The Morgan fingerprint density at radius 3 is 2.83 bits per heavy atom. The van der Waals surface area contributed by atoms with Crippen LogP contribution in [0.15, 0.2) is 18.3 Å². The van der Waals surface area contributed by atoms with Crippen LogP contribution in [0.3, 0.4) is 0 Å². The summed E-state index contributed by atoms with van der Waals surface area (Å²) in [5.41, 5.74) is 2.93. The van der Waals surface area contributed by atoms with E-state index in [-0.39, 0.29) is 5.41 Å². The van der Waals surface area contributed by atoms with Crippen molar-refractivity contribution in [3.05, 3.63) is 35.3 Å². The number of carbonyl (C=O) groups is 1. The van der Waals surface area contributed by atoms with Crippen molar-refractivity contribution >= 4 is 11.6 Å². The Morgan fingerprint density at radius 1 is 1.56 bits per heavy atom. The quantitative estimate of drug-likeness (QED) is 0.903. The number of aromatic carboxylic acids is 1. The Balaban J connectivity index is 2.36. The summed E-state index contributed by atoms with van der Waals surface area (Å²) in [6.45, 7) is 4.15. The number of nitrogens with zero attached hydrogens (tertiary/aromatic N) is 2. The molecule has 1 N–H and O–H groups in total. The van der Waals surface area contributed by atoms with Crippen LogP contribution in [0.2, 0.25) is 0 Å². The van der Waals surface area contributed by atoms with Crippen LogP contribution < -0.4 is 0 Å². The minimum atomic E-state index is -0.890. The number of carboxylic acids is 1. The smallest absolute Gasteiger partial charge is 0.354 e. The number of fused-ring (bicyclic) bond motifs is 1. The first-order valence-corrected chi connectivity index (χ1v) is 6.30. The molecule has 0 aromatic carbocycles. The number of carboxylic acid groups (broad SMARTS) is 1. The van der Waals surface area contributed by atoms with Crippen molar-refractivity contribution in [2.75, 3.05) is 0 Å². The normalized spacial score (nSPS) is 17.0. The van der Waals surface area contributed by atoms with E-state index in [1.54, 1.807) is 10.6 Å². The fraction of sp³-hybridized carbons (Fsp3) is 0.429. The summed E-state index contributed by atoms with van der Waals surface area (Å²) in [6, 6.07) is 3.89. The van der Waals surface area contributed by atoms with Crippen molar-refractivity contribution in [2.24, 2.45) is 0 Å². The minimum Gasteiger partial charge on any atom is -0.477 e. The summed E-state index contributed by atoms with van der Waals surface area (Å²) in [6.07, 6.45) is 4.70. The number of imidazole rings is 1. The molecule has 4 heteroatoms. The second kappa shape index (κ2) is 3.57. The van der Waals surface area contributed by atoms with Crippen LogP contribution in [0.5, 0.6) is 0 Å². The summed E-state index contributed by atoms with van der Waals surface area (Å²) in [5, 5.41) is 9.45. The van der Waals surface area contributed by atoms with Gasteiger partial charge in [-0.15, -0.1) is 0 Å². The van der Waals surface area contributed by atoms with Gasteiger partial charge in [-0.05, 0) is 30.9 Å². The van der Waals surface area contributed by atoms with Crippen LogP contribution in [0.25, 0.3) is 5.65 Å². The third kappa shape index (κ3) is 1.45. The molecule has 0 bridgehead atoms. The monoisotopic (exact) mass is 244 g/mol. The molecule has 0 aliphatic heterocycles. The molecule has 0 atom stereocenters. The van der Waals surface area contributed by atoms with Gasteiger partial charge >= 0.3 is 5.97 Å². The molecule has 0 radical (unpaired) electrons. The van der Waals surface area contributed by atoms with Gasteiger partial charge in [-0.1, -0.05) is 19.9 Å². The summed E-state index contributed by atoms with van der Waals surface area (Å²) in [5.74, 6) is -0.890. The molecule has 18 heavy (non-hydrogen) atoms. The second-order valence-corrected chi connectivity index (χ2v) is 5.26. The number of hydrogen-bond acceptors (Lipinski definition) is 2. The molecule has 1 aliphatic rings. The van der Waals surface area contributed by atoms with Crippen LogP contribution in [-0.2, 0) is 11.8 Å². The fourth-order valence-corrected chi connectivity index (χ4v) is 2.45. The van der Waals surface area contributed by atoms with Crippen molar-refractivity contribution in [1.82, 2.24) is 9.38 Å². The molecular formula is C14H16N2O2. The van der Waals surface area contributed by atoms with E-state index in [4.69, 9.17) is 0 Å². The number of aryl methyl sites for hydroxylation is 1. The van der Waals surface area contributed by atoms with Crippen LogP contribution in [-0.4, -0.2) is 20.5 Å². The summed E-state index contributed by atoms with van der Waals surface area (Å²) >= 11 is 0.